The normalized spacial score (nSPS) is 20.2. The van der Waals surface area contributed by atoms with Crippen LogP contribution in [0.1, 0.15) is 22.0 Å². The lowest BCUT2D eigenvalue weighted by Gasteiger charge is -2.25. The second kappa shape index (κ2) is 8.32. The zero-order valence-corrected chi connectivity index (χ0v) is 18.0. The number of anilines is 1. The molecule has 1 fully saturated rings. The summed E-state index contributed by atoms with van der Waals surface area (Å²) >= 11 is 6.00. The molecule has 1 N–H and O–H groups in total. The van der Waals surface area contributed by atoms with Gasteiger partial charge in [-0.3, -0.25) is 9.69 Å². The zero-order valence-electron chi connectivity index (χ0n) is 17.3. The Balaban J connectivity index is 1.25. The third-order valence-electron chi connectivity index (χ3n) is 6.21. The Morgan fingerprint density at radius 3 is 2.55 bits per heavy atom. The van der Waals surface area contributed by atoms with Crippen molar-refractivity contribution in [3.63, 3.8) is 0 Å². The van der Waals surface area contributed by atoms with E-state index in [2.05, 4.69) is 32.5 Å². The molecule has 0 aliphatic carbocycles. The van der Waals surface area contributed by atoms with E-state index in [0.717, 1.165) is 49.2 Å². The van der Waals surface area contributed by atoms with Crippen LogP contribution < -0.4 is 10.1 Å². The Morgan fingerprint density at radius 2 is 1.81 bits per heavy atom. The van der Waals surface area contributed by atoms with Crippen LogP contribution in [0, 0.1) is 11.8 Å². The molecular formula is C23H24ClN5O2. The van der Waals surface area contributed by atoms with Gasteiger partial charge in [0.1, 0.15) is 11.6 Å². The van der Waals surface area contributed by atoms with Gasteiger partial charge in [0.25, 0.3) is 5.91 Å². The van der Waals surface area contributed by atoms with Crippen molar-refractivity contribution in [3.8, 4) is 5.75 Å². The predicted octanol–water partition coefficient (Wildman–Crippen LogP) is 3.50. The van der Waals surface area contributed by atoms with Crippen molar-refractivity contribution in [1.29, 1.82) is 0 Å². The number of hydrogen-bond donors (Lipinski definition) is 1. The van der Waals surface area contributed by atoms with Crippen LogP contribution in [-0.4, -0.2) is 45.8 Å². The molecule has 8 heteroatoms. The van der Waals surface area contributed by atoms with E-state index in [9.17, 15) is 4.79 Å². The fraction of sp³-hybridized carbons (Fsp3) is 0.348. The number of nitrogens with zero attached hydrogens (tertiary/aromatic N) is 4. The highest BCUT2D eigenvalue weighted by Gasteiger charge is 2.39. The molecule has 2 aliphatic rings. The fourth-order valence-electron chi connectivity index (χ4n) is 4.63. The molecule has 7 nitrogen and oxygen atoms in total. The number of carbonyl (C=O) groups is 1. The number of halogens is 1. The first-order valence-corrected chi connectivity index (χ1v) is 10.8. The van der Waals surface area contributed by atoms with E-state index in [0.29, 0.717) is 23.3 Å². The van der Waals surface area contributed by atoms with Crippen molar-refractivity contribution < 1.29 is 9.53 Å². The SMILES string of the molecule is COc1ccc(NC(=O)c2nnc3n2C[C@H]2CN(Cc4ccc(Cl)cc4)C[C@H]2C3)cc1. The molecule has 5 rings (SSSR count). The van der Waals surface area contributed by atoms with Crippen LogP contribution in [-0.2, 0) is 19.5 Å². The molecule has 2 aliphatic heterocycles. The average molecular weight is 438 g/mol. The van der Waals surface area contributed by atoms with Crippen LogP contribution in [0.5, 0.6) is 5.75 Å². The molecule has 0 spiro atoms. The van der Waals surface area contributed by atoms with Gasteiger partial charge in [-0.25, -0.2) is 0 Å². The van der Waals surface area contributed by atoms with Gasteiger partial charge in [0.2, 0.25) is 5.82 Å². The van der Waals surface area contributed by atoms with E-state index in [1.165, 1.54) is 5.56 Å². The van der Waals surface area contributed by atoms with Gasteiger partial charge in [-0.15, -0.1) is 10.2 Å². The van der Waals surface area contributed by atoms with Gasteiger partial charge >= 0.3 is 0 Å². The molecule has 0 radical (unpaired) electrons. The predicted molar refractivity (Wildman–Crippen MR) is 118 cm³/mol. The van der Waals surface area contributed by atoms with E-state index < -0.39 is 0 Å². The van der Waals surface area contributed by atoms with Crippen molar-refractivity contribution >= 4 is 23.2 Å². The van der Waals surface area contributed by atoms with Crippen LogP contribution in [0.4, 0.5) is 5.69 Å². The van der Waals surface area contributed by atoms with Gasteiger partial charge in [-0.2, -0.15) is 0 Å². The summed E-state index contributed by atoms with van der Waals surface area (Å²) in [6, 6.07) is 15.3. The highest BCUT2D eigenvalue weighted by molar-refractivity contribution is 6.30. The van der Waals surface area contributed by atoms with Crippen molar-refractivity contribution in [3.05, 3.63) is 70.8 Å². The molecule has 3 heterocycles. The lowest BCUT2D eigenvalue weighted by atomic mass is 9.89. The highest BCUT2D eigenvalue weighted by Crippen LogP contribution is 2.33. The molecule has 2 atom stereocenters. The quantitative estimate of drug-likeness (QED) is 0.661. The fourth-order valence-corrected chi connectivity index (χ4v) is 4.75. The van der Waals surface area contributed by atoms with Gasteiger partial charge in [0.15, 0.2) is 0 Å². The molecule has 1 aromatic heterocycles. The summed E-state index contributed by atoms with van der Waals surface area (Å²) in [5.74, 6) is 2.81. The summed E-state index contributed by atoms with van der Waals surface area (Å²) in [7, 11) is 1.61. The van der Waals surface area contributed by atoms with Gasteiger partial charge in [-0.1, -0.05) is 23.7 Å². The summed E-state index contributed by atoms with van der Waals surface area (Å²) < 4.78 is 7.16. The van der Waals surface area contributed by atoms with Crippen LogP contribution in [0.15, 0.2) is 48.5 Å². The third kappa shape index (κ3) is 4.16. The molecule has 0 bridgehead atoms. The Labute approximate surface area is 186 Å². The Hall–Kier alpha value is -2.90. The van der Waals surface area contributed by atoms with Crippen LogP contribution in [0.2, 0.25) is 5.02 Å². The number of hydrogen-bond acceptors (Lipinski definition) is 5. The van der Waals surface area contributed by atoms with E-state index in [1.807, 2.05) is 41.0 Å². The lowest BCUT2D eigenvalue weighted by molar-refractivity contribution is 0.100. The number of ether oxygens (including phenoxy) is 1. The van der Waals surface area contributed by atoms with E-state index in [-0.39, 0.29) is 5.91 Å². The Kier molecular flexibility index (Phi) is 5.38. The van der Waals surface area contributed by atoms with Crippen LogP contribution in [0.3, 0.4) is 0 Å². The molecule has 31 heavy (non-hydrogen) atoms. The Bertz CT molecular complexity index is 1080. The minimum atomic E-state index is -0.238. The van der Waals surface area contributed by atoms with Gasteiger partial charge in [0.05, 0.1) is 7.11 Å². The maximum absolute atomic E-state index is 12.8. The van der Waals surface area contributed by atoms with E-state index >= 15 is 0 Å². The van der Waals surface area contributed by atoms with Crippen molar-refractivity contribution in [2.24, 2.45) is 11.8 Å². The second-order valence-electron chi connectivity index (χ2n) is 8.28. The average Bonchev–Trinajstić information content (AvgIpc) is 3.36. The molecule has 1 amide bonds. The van der Waals surface area contributed by atoms with Gasteiger partial charge < -0.3 is 14.6 Å². The first-order chi connectivity index (χ1) is 15.1. The topological polar surface area (TPSA) is 72.3 Å². The monoisotopic (exact) mass is 437 g/mol. The first-order valence-electron chi connectivity index (χ1n) is 10.4. The summed E-state index contributed by atoms with van der Waals surface area (Å²) in [5, 5.41) is 12.2. The van der Waals surface area contributed by atoms with Crippen molar-refractivity contribution in [2.75, 3.05) is 25.5 Å². The first kappa shape index (κ1) is 20.0. The second-order valence-corrected chi connectivity index (χ2v) is 8.71. The molecule has 0 unspecified atom stereocenters. The number of amides is 1. The minimum Gasteiger partial charge on any atom is -0.497 e. The number of likely N-dealkylation sites (tertiary alicyclic amines) is 1. The summed E-state index contributed by atoms with van der Waals surface area (Å²) in [6.45, 7) is 3.73. The number of rotatable bonds is 5. The van der Waals surface area contributed by atoms with Crippen molar-refractivity contribution in [1.82, 2.24) is 19.7 Å². The van der Waals surface area contributed by atoms with Crippen LogP contribution in [0.25, 0.3) is 0 Å². The van der Waals surface area contributed by atoms with Crippen molar-refractivity contribution in [2.45, 2.75) is 19.5 Å². The smallest absolute Gasteiger partial charge is 0.293 e. The molecule has 160 valence electrons. The minimum absolute atomic E-state index is 0.238. The summed E-state index contributed by atoms with van der Waals surface area (Å²) in [4.78, 5) is 15.3. The van der Waals surface area contributed by atoms with E-state index in [4.69, 9.17) is 16.3 Å². The number of methoxy groups -OCH3 is 1. The molecule has 0 saturated carbocycles. The maximum atomic E-state index is 12.8. The number of aromatic nitrogens is 3. The number of carbonyl (C=O) groups excluding carboxylic acids is 1. The lowest BCUT2D eigenvalue weighted by Crippen LogP contribution is -2.31. The number of benzene rings is 2. The van der Waals surface area contributed by atoms with E-state index in [1.54, 1.807) is 7.11 Å². The molecule has 3 aromatic rings. The molecular weight excluding hydrogens is 414 g/mol. The standard InChI is InChI=1S/C23H24ClN5O2/c1-31-20-8-6-19(7-9-20)25-23(30)22-27-26-21-10-16-12-28(13-17(16)14-29(21)22)11-15-2-4-18(24)5-3-15/h2-9,16-17H,10-14H2,1H3,(H,25,30)/t16-,17-/m1/s1. The number of nitrogens with one attached hydrogen (secondary N) is 1. The third-order valence-corrected chi connectivity index (χ3v) is 6.46. The molecule has 2 aromatic carbocycles. The molecule has 1 saturated heterocycles. The Morgan fingerprint density at radius 1 is 1.06 bits per heavy atom. The van der Waals surface area contributed by atoms with Crippen LogP contribution >= 0.6 is 11.6 Å². The summed E-state index contributed by atoms with van der Waals surface area (Å²) in [6.07, 6.45) is 0.852. The summed E-state index contributed by atoms with van der Waals surface area (Å²) in [5.41, 5.74) is 1.97. The van der Waals surface area contributed by atoms with Gasteiger partial charge in [-0.05, 0) is 53.8 Å². The zero-order chi connectivity index (χ0) is 21.4. The maximum Gasteiger partial charge on any atom is 0.293 e. The largest absolute Gasteiger partial charge is 0.497 e. The number of fused-ring (bicyclic) bond motifs is 2. The van der Waals surface area contributed by atoms with Gasteiger partial charge in [0, 0.05) is 43.3 Å². The highest BCUT2D eigenvalue weighted by atomic mass is 35.5.